The Morgan fingerprint density at radius 2 is 2.04 bits per heavy atom. The topological polar surface area (TPSA) is 69.6 Å². The van der Waals surface area contributed by atoms with E-state index in [0.29, 0.717) is 13.0 Å². The first-order chi connectivity index (χ1) is 11.6. The predicted molar refractivity (Wildman–Crippen MR) is 86.4 cm³/mol. The third-order valence-electron chi connectivity index (χ3n) is 4.01. The Labute approximate surface area is 147 Å². The molecule has 1 aliphatic heterocycles. The van der Waals surface area contributed by atoms with E-state index in [1.807, 2.05) is 6.92 Å². The zero-order valence-electron chi connectivity index (χ0n) is 13.4. The van der Waals surface area contributed by atoms with E-state index in [-0.39, 0.29) is 29.7 Å². The summed E-state index contributed by atoms with van der Waals surface area (Å²) in [7, 11) is 0. The van der Waals surface area contributed by atoms with E-state index >= 15 is 0 Å². The smallest absolute Gasteiger partial charge is 0.418 e. The van der Waals surface area contributed by atoms with Gasteiger partial charge in [0.05, 0.1) is 23.7 Å². The number of carbonyl (C=O) groups is 2. The summed E-state index contributed by atoms with van der Waals surface area (Å²) < 4.78 is 39.1. The molecule has 0 spiro atoms. The fourth-order valence-corrected chi connectivity index (χ4v) is 3.19. The molecule has 1 fully saturated rings. The third-order valence-corrected chi connectivity index (χ3v) is 4.25. The van der Waals surface area contributed by atoms with Crippen LogP contribution in [0.3, 0.4) is 0 Å². The standard InChI is InChI=1S/C16H18ClF3N2O3/c1-9-4-10(15(24)25)7-22(6-9)8-14(23)21-13-3-2-11(17)5-12(13)16(18,19)20/h2-3,5,9-10H,4,6-8H2,1H3,(H,21,23)(H,24,25). The number of nitrogens with zero attached hydrogens (tertiary/aromatic N) is 1. The quantitative estimate of drug-likeness (QED) is 0.843. The van der Waals surface area contributed by atoms with Crippen LogP contribution >= 0.6 is 11.6 Å². The van der Waals surface area contributed by atoms with E-state index in [9.17, 15) is 22.8 Å². The summed E-state index contributed by atoms with van der Waals surface area (Å²) in [5, 5.41) is 11.3. The minimum Gasteiger partial charge on any atom is -0.481 e. The number of carboxylic acids is 1. The molecule has 0 bridgehead atoms. The van der Waals surface area contributed by atoms with Gasteiger partial charge in [0.2, 0.25) is 5.91 Å². The Hall–Kier alpha value is -1.80. The van der Waals surface area contributed by atoms with Gasteiger partial charge in [0, 0.05) is 18.1 Å². The van der Waals surface area contributed by atoms with Gasteiger partial charge in [0.25, 0.3) is 0 Å². The lowest BCUT2D eigenvalue weighted by molar-refractivity contribution is -0.145. The van der Waals surface area contributed by atoms with Crippen molar-refractivity contribution >= 4 is 29.2 Å². The largest absolute Gasteiger partial charge is 0.481 e. The van der Waals surface area contributed by atoms with Crippen LogP contribution in [0.1, 0.15) is 18.9 Å². The van der Waals surface area contributed by atoms with Crippen molar-refractivity contribution in [2.24, 2.45) is 11.8 Å². The van der Waals surface area contributed by atoms with Gasteiger partial charge in [0.1, 0.15) is 0 Å². The Bertz CT molecular complexity index is 667. The van der Waals surface area contributed by atoms with Crippen LogP contribution in [0.15, 0.2) is 18.2 Å². The molecular formula is C16H18ClF3N2O3. The minimum absolute atomic E-state index is 0.0838. The lowest BCUT2D eigenvalue weighted by atomic mass is 9.90. The van der Waals surface area contributed by atoms with Gasteiger partial charge >= 0.3 is 12.1 Å². The van der Waals surface area contributed by atoms with Gasteiger partial charge < -0.3 is 10.4 Å². The number of rotatable bonds is 4. The molecular weight excluding hydrogens is 361 g/mol. The average Bonchev–Trinajstić information content (AvgIpc) is 2.47. The maximum absolute atomic E-state index is 13.0. The van der Waals surface area contributed by atoms with Crippen molar-refractivity contribution in [3.05, 3.63) is 28.8 Å². The summed E-state index contributed by atoms with van der Waals surface area (Å²) in [6.45, 7) is 2.42. The second-order valence-electron chi connectivity index (χ2n) is 6.31. The van der Waals surface area contributed by atoms with Crippen LogP contribution < -0.4 is 5.32 Å². The van der Waals surface area contributed by atoms with E-state index in [1.165, 1.54) is 6.07 Å². The van der Waals surface area contributed by atoms with Crippen molar-refractivity contribution in [2.45, 2.75) is 19.5 Å². The number of benzene rings is 1. The SMILES string of the molecule is CC1CC(C(=O)O)CN(CC(=O)Nc2ccc(Cl)cc2C(F)(F)F)C1. The fourth-order valence-electron chi connectivity index (χ4n) is 3.02. The molecule has 5 nitrogen and oxygen atoms in total. The van der Waals surface area contributed by atoms with E-state index in [2.05, 4.69) is 5.32 Å². The first-order valence-electron chi connectivity index (χ1n) is 7.68. The third kappa shape index (κ3) is 5.34. The summed E-state index contributed by atoms with van der Waals surface area (Å²) in [6.07, 6.45) is -4.13. The molecule has 0 aromatic heterocycles. The number of halogens is 4. The summed E-state index contributed by atoms with van der Waals surface area (Å²) in [4.78, 5) is 24.9. The highest BCUT2D eigenvalue weighted by Gasteiger charge is 2.35. The number of piperidine rings is 1. The van der Waals surface area contributed by atoms with Crippen molar-refractivity contribution in [1.29, 1.82) is 0 Å². The molecule has 0 aliphatic carbocycles. The molecule has 2 unspecified atom stereocenters. The Balaban J connectivity index is 2.07. The average molecular weight is 379 g/mol. The van der Waals surface area contributed by atoms with Crippen LogP contribution in [0.4, 0.5) is 18.9 Å². The zero-order chi connectivity index (χ0) is 18.8. The molecule has 138 valence electrons. The first kappa shape index (κ1) is 19.5. The number of carboxylic acid groups (broad SMARTS) is 1. The van der Waals surface area contributed by atoms with Crippen LogP contribution in [-0.2, 0) is 15.8 Å². The number of hydrogen-bond donors (Lipinski definition) is 2. The molecule has 25 heavy (non-hydrogen) atoms. The molecule has 0 radical (unpaired) electrons. The maximum atomic E-state index is 13.0. The van der Waals surface area contributed by atoms with Crippen LogP contribution in [0, 0.1) is 11.8 Å². The van der Waals surface area contributed by atoms with Gasteiger partial charge in [-0.1, -0.05) is 18.5 Å². The Morgan fingerprint density at radius 3 is 2.64 bits per heavy atom. The lowest BCUT2D eigenvalue weighted by Gasteiger charge is -2.34. The summed E-state index contributed by atoms with van der Waals surface area (Å²) >= 11 is 5.60. The van der Waals surface area contributed by atoms with Crippen LogP contribution in [0.5, 0.6) is 0 Å². The van der Waals surface area contributed by atoms with Crippen molar-refractivity contribution in [3.63, 3.8) is 0 Å². The van der Waals surface area contributed by atoms with E-state index in [1.54, 1.807) is 4.90 Å². The van der Waals surface area contributed by atoms with E-state index in [0.717, 1.165) is 12.1 Å². The van der Waals surface area contributed by atoms with E-state index < -0.39 is 29.5 Å². The normalized spacial score (nSPS) is 21.8. The second-order valence-corrected chi connectivity index (χ2v) is 6.74. The van der Waals surface area contributed by atoms with Crippen LogP contribution in [0.2, 0.25) is 5.02 Å². The van der Waals surface area contributed by atoms with Gasteiger partial charge in [-0.05, 0) is 30.5 Å². The van der Waals surface area contributed by atoms with Gasteiger partial charge in [-0.25, -0.2) is 0 Å². The molecule has 1 aromatic carbocycles. The second kappa shape index (κ2) is 7.61. The van der Waals surface area contributed by atoms with Crippen LogP contribution in [0.25, 0.3) is 0 Å². The monoisotopic (exact) mass is 378 g/mol. The van der Waals surface area contributed by atoms with Crippen molar-refractivity contribution in [1.82, 2.24) is 4.90 Å². The molecule has 2 N–H and O–H groups in total. The fraction of sp³-hybridized carbons (Fsp3) is 0.500. The molecule has 1 heterocycles. The zero-order valence-corrected chi connectivity index (χ0v) is 14.2. The van der Waals surface area contributed by atoms with Gasteiger partial charge in [-0.3, -0.25) is 14.5 Å². The summed E-state index contributed by atoms with van der Waals surface area (Å²) in [5.41, 5.74) is -1.40. The van der Waals surface area contributed by atoms with Gasteiger partial charge in [0.15, 0.2) is 0 Å². The first-order valence-corrected chi connectivity index (χ1v) is 8.06. The van der Waals surface area contributed by atoms with Crippen LogP contribution in [-0.4, -0.2) is 41.5 Å². The molecule has 0 saturated carbocycles. The number of amides is 1. The Kier molecular flexibility index (Phi) is 5.95. The minimum atomic E-state index is -4.65. The number of carbonyl (C=O) groups excluding carboxylic acids is 1. The van der Waals surface area contributed by atoms with Crippen molar-refractivity contribution < 1.29 is 27.9 Å². The molecule has 9 heteroatoms. The van der Waals surface area contributed by atoms with Gasteiger partial charge in [-0.15, -0.1) is 0 Å². The van der Waals surface area contributed by atoms with Crippen molar-refractivity contribution in [3.8, 4) is 0 Å². The number of nitrogens with one attached hydrogen (secondary N) is 1. The highest BCUT2D eigenvalue weighted by molar-refractivity contribution is 6.30. The highest BCUT2D eigenvalue weighted by Crippen LogP contribution is 2.36. The number of likely N-dealkylation sites (tertiary alicyclic amines) is 1. The van der Waals surface area contributed by atoms with Gasteiger partial charge in [-0.2, -0.15) is 13.2 Å². The maximum Gasteiger partial charge on any atom is 0.418 e. The molecule has 1 aliphatic rings. The molecule has 2 rings (SSSR count). The predicted octanol–water partition coefficient (Wildman–Crippen LogP) is 3.34. The lowest BCUT2D eigenvalue weighted by Crippen LogP contribution is -2.45. The summed E-state index contributed by atoms with van der Waals surface area (Å²) in [6, 6.07) is 3.11. The number of aliphatic carboxylic acids is 1. The van der Waals surface area contributed by atoms with E-state index in [4.69, 9.17) is 16.7 Å². The summed E-state index contributed by atoms with van der Waals surface area (Å²) in [5.74, 6) is -2.07. The Morgan fingerprint density at radius 1 is 1.36 bits per heavy atom. The molecule has 1 aromatic rings. The molecule has 1 amide bonds. The number of hydrogen-bond acceptors (Lipinski definition) is 3. The number of alkyl halides is 3. The number of anilines is 1. The highest BCUT2D eigenvalue weighted by atomic mass is 35.5. The molecule has 2 atom stereocenters. The molecule has 1 saturated heterocycles. The van der Waals surface area contributed by atoms with Crippen molar-refractivity contribution in [2.75, 3.05) is 25.0 Å².